The van der Waals surface area contributed by atoms with Gasteiger partial charge < -0.3 is 14.7 Å². The van der Waals surface area contributed by atoms with Crippen LogP contribution in [-0.4, -0.2) is 85.4 Å². The molecule has 200 valence electrons. The van der Waals surface area contributed by atoms with Crippen LogP contribution in [0.3, 0.4) is 0 Å². The fourth-order valence-electron chi connectivity index (χ4n) is 6.20. The number of hydrogen-bond donors (Lipinski definition) is 0. The molecule has 0 bridgehead atoms. The number of carbonyl (C=O) groups excluding carboxylic acids is 2. The number of fused-ring (bicyclic) bond motifs is 1. The van der Waals surface area contributed by atoms with Crippen LogP contribution in [0, 0.1) is 13.8 Å². The highest BCUT2D eigenvalue weighted by atomic mass is 16.2. The lowest BCUT2D eigenvalue weighted by Gasteiger charge is -2.37. The Balaban J connectivity index is 1.09. The molecule has 2 fully saturated rings. The van der Waals surface area contributed by atoms with Crippen LogP contribution in [0.2, 0.25) is 0 Å². The smallest absolute Gasteiger partial charge is 0.274 e. The average Bonchev–Trinajstić information content (AvgIpc) is 3.70. The Bertz CT molecular complexity index is 1310. The van der Waals surface area contributed by atoms with Crippen LogP contribution in [0.4, 0.5) is 5.69 Å². The fourth-order valence-corrected chi connectivity index (χ4v) is 6.20. The zero-order valence-corrected chi connectivity index (χ0v) is 22.3. The summed E-state index contributed by atoms with van der Waals surface area (Å²) < 4.78 is 3.71. The van der Waals surface area contributed by atoms with Crippen LogP contribution in [0.15, 0.2) is 30.9 Å². The van der Waals surface area contributed by atoms with Gasteiger partial charge in [0.1, 0.15) is 19.2 Å². The molecule has 3 aliphatic rings. The van der Waals surface area contributed by atoms with Crippen molar-refractivity contribution < 1.29 is 9.59 Å². The molecule has 0 saturated carbocycles. The molecule has 0 unspecified atom stereocenters. The maximum atomic E-state index is 13.5. The van der Waals surface area contributed by atoms with E-state index >= 15 is 0 Å². The van der Waals surface area contributed by atoms with E-state index in [-0.39, 0.29) is 24.4 Å². The average molecular weight is 517 g/mol. The van der Waals surface area contributed by atoms with Gasteiger partial charge in [-0.05, 0) is 63.1 Å². The Kier molecular flexibility index (Phi) is 6.63. The monoisotopic (exact) mass is 516 g/mol. The zero-order chi connectivity index (χ0) is 26.2. The summed E-state index contributed by atoms with van der Waals surface area (Å²) in [5, 5.41) is 8.99. The van der Waals surface area contributed by atoms with Crippen molar-refractivity contribution in [3.63, 3.8) is 0 Å². The minimum absolute atomic E-state index is 0.00599. The molecule has 2 amide bonds. The van der Waals surface area contributed by atoms with Crippen LogP contribution in [0.1, 0.15) is 58.2 Å². The van der Waals surface area contributed by atoms with Crippen LogP contribution >= 0.6 is 0 Å². The summed E-state index contributed by atoms with van der Waals surface area (Å²) in [6.07, 6.45) is 7.74. The quantitative estimate of drug-likeness (QED) is 0.517. The third kappa shape index (κ3) is 4.56. The number of piperazine rings is 1. The molecule has 2 aliphatic heterocycles. The summed E-state index contributed by atoms with van der Waals surface area (Å²) in [4.78, 5) is 37.1. The lowest BCUT2D eigenvalue weighted by atomic mass is 10.0. The predicted molar refractivity (Wildman–Crippen MR) is 143 cm³/mol. The lowest BCUT2D eigenvalue weighted by Crippen LogP contribution is -2.50. The van der Waals surface area contributed by atoms with E-state index in [1.165, 1.54) is 16.8 Å². The van der Waals surface area contributed by atoms with E-state index in [1.54, 1.807) is 12.7 Å². The number of rotatable bonds is 5. The molecule has 3 aromatic rings. The topological polar surface area (TPSA) is 92.4 Å². The van der Waals surface area contributed by atoms with Crippen molar-refractivity contribution in [3.05, 3.63) is 58.9 Å². The Morgan fingerprint density at radius 1 is 0.974 bits per heavy atom. The number of piperidine rings is 1. The molecule has 0 N–H and O–H groups in total. The molecular formula is C28H36N8O2. The number of hydrogen-bond acceptors (Lipinski definition) is 6. The van der Waals surface area contributed by atoms with Crippen LogP contribution in [-0.2, 0) is 24.2 Å². The Morgan fingerprint density at radius 2 is 1.76 bits per heavy atom. The van der Waals surface area contributed by atoms with Crippen molar-refractivity contribution >= 4 is 17.5 Å². The zero-order valence-electron chi connectivity index (χ0n) is 22.3. The van der Waals surface area contributed by atoms with Crippen molar-refractivity contribution in [2.75, 3.05) is 44.2 Å². The Hall–Kier alpha value is -3.69. The van der Waals surface area contributed by atoms with Gasteiger partial charge in [0.15, 0.2) is 5.69 Å². The van der Waals surface area contributed by atoms with Gasteiger partial charge in [-0.1, -0.05) is 12.1 Å². The number of amides is 2. The second-order valence-corrected chi connectivity index (χ2v) is 10.8. The summed E-state index contributed by atoms with van der Waals surface area (Å²) in [5.41, 5.74) is 6.51. The van der Waals surface area contributed by atoms with E-state index in [4.69, 9.17) is 5.10 Å². The molecule has 0 atom stereocenters. The van der Waals surface area contributed by atoms with Crippen LogP contribution < -0.4 is 4.90 Å². The summed E-state index contributed by atoms with van der Waals surface area (Å²) >= 11 is 0. The molecule has 2 aromatic heterocycles. The maximum absolute atomic E-state index is 13.5. The van der Waals surface area contributed by atoms with Gasteiger partial charge in [-0.2, -0.15) is 10.2 Å². The lowest BCUT2D eigenvalue weighted by molar-refractivity contribution is -0.132. The number of carbonyl (C=O) groups is 2. The third-order valence-corrected chi connectivity index (χ3v) is 8.61. The van der Waals surface area contributed by atoms with Gasteiger partial charge in [0.25, 0.3) is 5.91 Å². The molecule has 38 heavy (non-hydrogen) atoms. The van der Waals surface area contributed by atoms with Gasteiger partial charge in [0.05, 0.1) is 6.04 Å². The largest absolute Gasteiger partial charge is 0.368 e. The SMILES string of the molecule is Cc1cccc(N2CCN(C(=O)Cn3nc(C(=O)N4CCC(n5cncn5)CC4)c4c3CCC4)CC2)c1C. The first-order chi connectivity index (χ1) is 18.5. The number of nitrogens with zero attached hydrogens (tertiary/aromatic N) is 8. The first-order valence-electron chi connectivity index (χ1n) is 13.8. The molecule has 0 radical (unpaired) electrons. The fraction of sp³-hybridized carbons (Fsp3) is 0.536. The van der Waals surface area contributed by atoms with Crippen molar-refractivity contribution in [3.8, 4) is 0 Å². The van der Waals surface area contributed by atoms with E-state index < -0.39 is 0 Å². The van der Waals surface area contributed by atoms with Crippen molar-refractivity contribution in [1.82, 2.24) is 34.3 Å². The summed E-state index contributed by atoms with van der Waals surface area (Å²) in [6.45, 7) is 8.89. The highest BCUT2D eigenvalue weighted by molar-refractivity contribution is 5.94. The van der Waals surface area contributed by atoms with E-state index in [0.717, 1.165) is 56.5 Å². The number of anilines is 1. The predicted octanol–water partition coefficient (Wildman–Crippen LogP) is 2.41. The van der Waals surface area contributed by atoms with Gasteiger partial charge in [-0.3, -0.25) is 14.3 Å². The second kappa shape index (κ2) is 10.2. The number of aryl methyl sites for hydroxylation is 1. The van der Waals surface area contributed by atoms with Crippen LogP contribution in [0.5, 0.6) is 0 Å². The molecule has 1 aromatic carbocycles. The molecular weight excluding hydrogens is 480 g/mol. The highest BCUT2D eigenvalue weighted by Crippen LogP contribution is 2.29. The first kappa shape index (κ1) is 24.6. The highest BCUT2D eigenvalue weighted by Gasteiger charge is 2.32. The third-order valence-electron chi connectivity index (χ3n) is 8.61. The molecule has 10 heteroatoms. The van der Waals surface area contributed by atoms with E-state index in [0.29, 0.717) is 31.9 Å². The standard InChI is InChI=1S/C28H36N8O2/c1-20-5-3-7-24(21(20)2)32-13-15-33(16-14-32)26(37)17-35-25-8-4-6-23(25)27(31-35)28(38)34-11-9-22(10-12-34)36-19-29-18-30-36/h3,5,7,18-19,22H,4,6,8-17H2,1-2H3. The summed E-state index contributed by atoms with van der Waals surface area (Å²) in [5.74, 6) is 0.0731. The number of benzene rings is 1. The van der Waals surface area contributed by atoms with Crippen molar-refractivity contribution in [2.24, 2.45) is 0 Å². The van der Waals surface area contributed by atoms with E-state index in [2.05, 4.69) is 47.0 Å². The van der Waals surface area contributed by atoms with Gasteiger partial charge in [-0.25, -0.2) is 9.67 Å². The maximum Gasteiger partial charge on any atom is 0.274 e. The first-order valence-corrected chi connectivity index (χ1v) is 13.8. The summed E-state index contributed by atoms with van der Waals surface area (Å²) in [6, 6.07) is 6.69. The second-order valence-electron chi connectivity index (χ2n) is 10.8. The summed E-state index contributed by atoms with van der Waals surface area (Å²) in [7, 11) is 0. The number of likely N-dealkylation sites (tertiary alicyclic amines) is 1. The minimum atomic E-state index is -0.00599. The molecule has 6 rings (SSSR count). The number of aromatic nitrogens is 5. The molecule has 1 aliphatic carbocycles. The normalized spacial score (nSPS) is 18.2. The van der Waals surface area contributed by atoms with Crippen molar-refractivity contribution in [1.29, 1.82) is 0 Å². The Morgan fingerprint density at radius 3 is 2.50 bits per heavy atom. The van der Waals surface area contributed by atoms with Gasteiger partial charge in [0.2, 0.25) is 5.91 Å². The van der Waals surface area contributed by atoms with E-state index in [1.807, 2.05) is 19.2 Å². The van der Waals surface area contributed by atoms with Gasteiger partial charge in [0, 0.05) is 56.2 Å². The van der Waals surface area contributed by atoms with Gasteiger partial charge >= 0.3 is 0 Å². The molecule has 2 saturated heterocycles. The molecule has 0 spiro atoms. The Labute approximate surface area is 223 Å². The molecule has 4 heterocycles. The van der Waals surface area contributed by atoms with Crippen molar-refractivity contribution in [2.45, 2.75) is 58.5 Å². The van der Waals surface area contributed by atoms with Crippen LogP contribution in [0.25, 0.3) is 0 Å². The minimum Gasteiger partial charge on any atom is -0.368 e. The van der Waals surface area contributed by atoms with E-state index in [9.17, 15) is 9.59 Å². The van der Waals surface area contributed by atoms with Gasteiger partial charge in [-0.15, -0.1) is 0 Å². The molecule has 10 nitrogen and oxygen atoms in total.